The van der Waals surface area contributed by atoms with Gasteiger partial charge in [-0.3, -0.25) is 9.78 Å². The van der Waals surface area contributed by atoms with Crippen LogP contribution < -0.4 is 5.32 Å². The Hall–Kier alpha value is -3.09. The van der Waals surface area contributed by atoms with Gasteiger partial charge in [-0.25, -0.2) is 14.6 Å². The van der Waals surface area contributed by atoms with Crippen LogP contribution in [-0.4, -0.2) is 30.6 Å². The maximum Gasteiger partial charge on any atom is 0.225 e. The quantitative estimate of drug-likeness (QED) is 0.796. The molecule has 0 aromatic carbocycles. The van der Waals surface area contributed by atoms with Gasteiger partial charge < -0.3 is 5.32 Å². The molecule has 0 aliphatic rings. The molecule has 0 aliphatic heterocycles. The first-order valence-electron chi connectivity index (χ1n) is 6.85. The van der Waals surface area contributed by atoms with Crippen LogP contribution in [0.3, 0.4) is 0 Å². The van der Waals surface area contributed by atoms with Gasteiger partial charge in [0.15, 0.2) is 11.6 Å². The number of pyridine rings is 1. The number of aromatic nitrogens is 5. The van der Waals surface area contributed by atoms with Crippen LogP contribution in [0.4, 0.5) is 5.82 Å². The molecule has 7 nitrogen and oxygen atoms in total. The number of anilines is 1. The number of nitrogens with one attached hydrogen (secondary N) is 1. The van der Waals surface area contributed by atoms with E-state index in [0.29, 0.717) is 23.9 Å². The van der Waals surface area contributed by atoms with Crippen molar-refractivity contribution in [2.45, 2.75) is 13.3 Å². The van der Waals surface area contributed by atoms with Crippen molar-refractivity contribution in [3.63, 3.8) is 0 Å². The molecule has 0 atom stereocenters. The monoisotopic (exact) mass is 294 g/mol. The lowest BCUT2D eigenvalue weighted by atomic mass is 10.2. The molecule has 110 valence electrons. The zero-order valence-corrected chi connectivity index (χ0v) is 12.0. The Kier molecular flexibility index (Phi) is 3.86. The first-order valence-corrected chi connectivity index (χ1v) is 6.85. The molecule has 0 saturated heterocycles. The zero-order valence-electron chi connectivity index (χ0n) is 12.0. The SMILES string of the molecule is CCC(=O)Nc1cc(-n2cccn2)nc(-c2ccncc2)n1. The van der Waals surface area contributed by atoms with Crippen LogP contribution in [-0.2, 0) is 4.79 Å². The maximum atomic E-state index is 11.6. The summed E-state index contributed by atoms with van der Waals surface area (Å²) in [7, 11) is 0. The van der Waals surface area contributed by atoms with Crippen LogP contribution in [0.25, 0.3) is 17.2 Å². The predicted octanol–water partition coefficient (Wildman–Crippen LogP) is 2.07. The van der Waals surface area contributed by atoms with E-state index in [1.165, 1.54) is 0 Å². The Balaban J connectivity index is 2.07. The first kappa shape index (κ1) is 13.9. The number of rotatable bonds is 4. The van der Waals surface area contributed by atoms with Crippen LogP contribution in [0.1, 0.15) is 13.3 Å². The van der Waals surface area contributed by atoms with Gasteiger partial charge in [0.05, 0.1) is 0 Å². The van der Waals surface area contributed by atoms with Gasteiger partial charge in [0.25, 0.3) is 0 Å². The number of carbonyl (C=O) groups excluding carboxylic acids is 1. The van der Waals surface area contributed by atoms with Gasteiger partial charge in [0.2, 0.25) is 5.91 Å². The summed E-state index contributed by atoms with van der Waals surface area (Å²) in [6, 6.07) is 7.12. The fourth-order valence-corrected chi connectivity index (χ4v) is 1.88. The molecule has 0 radical (unpaired) electrons. The van der Waals surface area contributed by atoms with Crippen LogP contribution in [0.2, 0.25) is 0 Å². The van der Waals surface area contributed by atoms with E-state index < -0.39 is 0 Å². The Morgan fingerprint density at radius 1 is 1.23 bits per heavy atom. The Bertz CT molecular complexity index is 770. The molecule has 3 aromatic rings. The normalized spacial score (nSPS) is 10.4. The maximum absolute atomic E-state index is 11.6. The van der Waals surface area contributed by atoms with E-state index in [1.807, 2.05) is 12.1 Å². The molecule has 1 amide bonds. The lowest BCUT2D eigenvalue weighted by molar-refractivity contribution is -0.115. The van der Waals surface area contributed by atoms with Gasteiger partial charge in [0.1, 0.15) is 5.82 Å². The Morgan fingerprint density at radius 3 is 2.73 bits per heavy atom. The summed E-state index contributed by atoms with van der Waals surface area (Å²) < 4.78 is 1.62. The molecule has 1 N–H and O–H groups in total. The van der Waals surface area contributed by atoms with Crippen molar-refractivity contribution in [1.82, 2.24) is 24.7 Å². The summed E-state index contributed by atoms with van der Waals surface area (Å²) in [5.74, 6) is 1.42. The third kappa shape index (κ3) is 2.98. The molecular formula is C15H14N6O. The van der Waals surface area contributed by atoms with Crippen LogP contribution in [0.15, 0.2) is 49.1 Å². The molecule has 22 heavy (non-hydrogen) atoms. The van der Waals surface area contributed by atoms with Gasteiger partial charge in [-0.15, -0.1) is 0 Å². The number of nitrogens with zero attached hydrogens (tertiary/aromatic N) is 5. The number of hydrogen-bond acceptors (Lipinski definition) is 5. The Morgan fingerprint density at radius 2 is 2.05 bits per heavy atom. The van der Waals surface area contributed by atoms with Crippen molar-refractivity contribution < 1.29 is 4.79 Å². The molecule has 7 heteroatoms. The van der Waals surface area contributed by atoms with Crippen LogP contribution in [0, 0.1) is 0 Å². The number of amides is 1. The van der Waals surface area contributed by atoms with Crippen molar-refractivity contribution in [2.75, 3.05) is 5.32 Å². The predicted molar refractivity (Wildman–Crippen MR) is 81.3 cm³/mol. The first-order chi connectivity index (χ1) is 10.8. The summed E-state index contributed by atoms with van der Waals surface area (Å²) in [5.41, 5.74) is 0.816. The molecule has 0 spiro atoms. The lowest BCUT2D eigenvalue weighted by Crippen LogP contribution is -2.13. The highest BCUT2D eigenvalue weighted by Crippen LogP contribution is 2.19. The van der Waals surface area contributed by atoms with E-state index in [-0.39, 0.29) is 5.91 Å². The van der Waals surface area contributed by atoms with E-state index >= 15 is 0 Å². The molecule has 3 aromatic heterocycles. The molecule has 3 rings (SSSR count). The number of hydrogen-bond donors (Lipinski definition) is 1. The third-order valence-electron chi connectivity index (χ3n) is 2.98. The van der Waals surface area contributed by atoms with E-state index in [0.717, 1.165) is 5.56 Å². The van der Waals surface area contributed by atoms with Gasteiger partial charge in [-0.05, 0) is 18.2 Å². The van der Waals surface area contributed by atoms with Crippen molar-refractivity contribution in [3.05, 3.63) is 49.1 Å². The Labute approximate surface area is 127 Å². The fraction of sp³-hybridized carbons (Fsp3) is 0.133. The van der Waals surface area contributed by atoms with Crippen molar-refractivity contribution >= 4 is 11.7 Å². The standard InChI is InChI=1S/C15H14N6O/c1-2-14(22)18-12-10-13(21-9-3-6-17-21)20-15(19-12)11-4-7-16-8-5-11/h3-10H,2H2,1H3,(H,18,19,20,22). The fourth-order valence-electron chi connectivity index (χ4n) is 1.88. The third-order valence-corrected chi connectivity index (χ3v) is 2.98. The average Bonchev–Trinajstić information content (AvgIpc) is 3.10. The summed E-state index contributed by atoms with van der Waals surface area (Å²) in [6.45, 7) is 1.79. The molecule has 0 aliphatic carbocycles. The molecule has 0 unspecified atom stereocenters. The van der Waals surface area contributed by atoms with E-state index in [4.69, 9.17) is 0 Å². The molecular weight excluding hydrogens is 280 g/mol. The molecule has 0 fully saturated rings. The van der Waals surface area contributed by atoms with Crippen LogP contribution >= 0.6 is 0 Å². The topological polar surface area (TPSA) is 85.6 Å². The van der Waals surface area contributed by atoms with Gasteiger partial charge in [-0.1, -0.05) is 6.92 Å². The summed E-state index contributed by atoms with van der Waals surface area (Å²) >= 11 is 0. The van der Waals surface area contributed by atoms with E-state index in [1.54, 1.807) is 48.5 Å². The average molecular weight is 294 g/mol. The largest absolute Gasteiger partial charge is 0.311 e. The van der Waals surface area contributed by atoms with Crippen molar-refractivity contribution in [1.29, 1.82) is 0 Å². The highest BCUT2D eigenvalue weighted by molar-refractivity contribution is 5.89. The lowest BCUT2D eigenvalue weighted by Gasteiger charge is -2.09. The van der Waals surface area contributed by atoms with E-state index in [2.05, 4.69) is 25.4 Å². The van der Waals surface area contributed by atoms with Gasteiger partial charge in [-0.2, -0.15) is 5.10 Å². The minimum absolute atomic E-state index is 0.106. The van der Waals surface area contributed by atoms with Gasteiger partial charge in [0, 0.05) is 42.8 Å². The second kappa shape index (κ2) is 6.13. The van der Waals surface area contributed by atoms with Crippen molar-refractivity contribution in [3.8, 4) is 17.2 Å². The van der Waals surface area contributed by atoms with Gasteiger partial charge >= 0.3 is 0 Å². The molecule has 3 heterocycles. The molecule has 0 bridgehead atoms. The summed E-state index contributed by atoms with van der Waals surface area (Å²) in [5, 5.41) is 6.92. The number of carbonyl (C=O) groups is 1. The summed E-state index contributed by atoms with van der Waals surface area (Å²) in [4.78, 5) is 24.5. The highest BCUT2D eigenvalue weighted by Gasteiger charge is 2.10. The minimum atomic E-state index is -0.106. The minimum Gasteiger partial charge on any atom is -0.311 e. The molecule has 0 saturated carbocycles. The van der Waals surface area contributed by atoms with Crippen molar-refractivity contribution in [2.24, 2.45) is 0 Å². The second-order valence-corrected chi connectivity index (χ2v) is 4.52. The summed E-state index contributed by atoms with van der Waals surface area (Å²) in [6.07, 6.45) is 7.17. The van der Waals surface area contributed by atoms with E-state index in [9.17, 15) is 4.79 Å². The smallest absolute Gasteiger partial charge is 0.225 e. The highest BCUT2D eigenvalue weighted by atomic mass is 16.1. The zero-order chi connectivity index (χ0) is 15.4. The second-order valence-electron chi connectivity index (χ2n) is 4.52. The van der Waals surface area contributed by atoms with Crippen LogP contribution in [0.5, 0.6) is 0 Å².